The van der Waals surface area contributed by atoms with E-state index in [9.17, 15) is 25.3 Å². The lowest BCUT2D eigenvalue weighted by molar-refractivity contribution is -0.0779. The van der Waals surface area contributed by atoms with Crippen molar-refractivity contribution in [2.24, 2.45) is 0 Å². The number of hydrogen-bond acceptors (Lipinski definition) is 3. The Bertz CT molecular complexity index is 422. The second-order valence-corrected chi connectivity index (χ2v) is 6.25. The van der Waals surface area contributed by atoms with Crippen molar-refractivity contribution in [3.05, 3.63) is 18.2 Å². The highest BCUT2D eigenvalue weighted by atomic mass is 79.9. The maximum absolute atomic E-state index is 13.0. The number of rotatable bonds is 5. The molecule has 0 aromatic heterocycles. The van der Waals surface area contributed by atoms with Crippen LogP contribution in [-0.2, 0) is 0 Å². The molecule has 0 atom stereocenters. The molecular weight excluding hydrogens is 386 g/mol. The minimum Gasteiger partial charge on any atom is -0.186 e. The van der Waals surface area contributed by atoms with Crippen LogP contribution in [0, 0.1) is 0 Å². The fourth-order valence-electron chi connectivity index (χ4n) is 0.882. The van der Waals surface area contributed by atoms with Crippen LogP contribution in [0.15, 0.2) is 32.9 Å². The van der Waals surface area contributed by atoms with Crippen molar-refractivity contribution in [1.29, 1.82) is 0 Å². The van der Waals surface area contributed by atoms with Gasteiger partial charge in [0.1, 0.15) is 0 Å². The first-order valence-electron chi connectivity index (χ1n) is 4.06. The Labute approximate surface area is 120 Å². The minimum absolute atomic E-state index is 0.110. The normalized spacial score (nSPS) is 12.8. The summed E-state index contributed by atoms with van der Waals surface area (Å²) >= 11 is 0.520. The van der Waals surface area contributed by atoms with Gasteiger partial charge in [-0.1, -0.05) is 0 Å². The molecule has 18 heavy (non-hydrogen) atoms. The summed E-state index contributed by atoms with van der Waals surface area (Å²) in [4.78, 5) is -5.06. The third-order valence-electron chi connectivity index (χ3n) is 1.66. The van der Waals surface area contributed by atoms with Gasteiger partial charge in [0.05, 0.1) is 34.1 Å². The molecule has 0 radical (unpaired) electrons. The van der Waals surface area contributed by atoms with Crippen molar-refractivity contribution in [3.8, 4) is 0 Å². The van der Waals surface area contributed by atoms with E-state index in [1.807, 2.05) is 0 Å². The van der Waals surface area contributed by atoms with Crippen LogP contribution in [0.4, 0.5) is 25.3 Å². The summed E-state index contributed by atoms with van der Waals surface area (Å²) in [6, 6.07) is 2.93. The average Bonchev–Trinajstić information content (AvgIpc) is 2.26. The lowest BCUT2D eigenvalue weighted by Gasteiger charge is -2.20. The largest absolute Gasteiger partial charge is 0.373 e. The van der Waals surface area contributed by atoms with E-state index in [0.29, 0.717) is 0 Å². The second-order valence-electron chi connectivity index (χ2n) is 2.88. The summed E-state index contributed by atoms with van der Waals surface area (Å²) in [5.74, 6) is 0. The van der Waals surface area contributed by atoms with Crippen LogP contribution >= 0.6 is 52.0 Å². The van der Waals surface area contributed by atoms with E-state index in [4.69, 9.17) is 0 Å². The molecule has 1 aromatic rings. The molecule has 0 aliphatic rings. The van der Waals surface area contributed by atoms with E-state index in [0.717, 1.165) is 18.2 Å². The van der Waals surface area contributed by atoms with E-state index in [1.54, 1.807) is 15.9 Å². The Morgan fingerprint density at radius 2 is 1.50 bits per heavy atom. The molecular formula is C8H3BrF6S3. The molecule has 0 saturated carbocycles. The van der Waals surface area contributed by atoms with Gasteiger partial charge < -0.3 is 0 Å². The topological polar surface area (TPSA) is 0 Å². The molecule has 0 fully saturated rings. The lowest BCUT2D eigenvalue weighted by Crippen LogP contribution is -2.30. The molecule has 1 aromatic carbocycles. The molecule has 0 heterocycles. The Morgan fingerprint density at radius 3 is 1.94 bits per heavy atom. The molecule has 0 spiro atoms. The first-order chi connectivity index (χ1) is 8.21. The van der Waals surface area contributed by atoms with E-state index >= 15 is 0 Å². The lowest BCUT2D eigenvalue weighted by atomic mass is 10.4. The number of alkyl halides is 5. The van der Waals surface area contributed by atoms with Crippen molar-refractivity contribution in [2.45, 2.75) is 24.8 Å². The van der Waals surface area contributed by atoms with Gasteiger partial charge in [-0.05, 0) is 45.9 Å². The van der Waals surface area contributed by atoms with Crippen molar-refractivity contribution in [3.63, 3.8) is 0 Å². The summed E-state index contributed by atoms with van der Waals surface area (Å²) < 4.78 is 75.8. The zero-order valence-electron chi connectivity index (χ0n) is 8.10. The molecule has 10 heteroatoms. The maximum atomic E-state index is 13.0. The third kappa shape index (κ3) is 3.91. The molecule has 0 amide bonds. The fourth-order valence-corrected chi connectivity index (χ4v) is 2.68. The standard InChI is InChI=1S/C8H3BrF6S3/c9-7(10,11)8(12,13)16-4-1-2-5(17-14)6(3-4)18-15/h1-3H. The van der Waals surface area contributed by atoms with E-state index in [-0.39, 0.29) is 39.0 Å². The summed E-state index contributed by atoms with van der Waals surface area (Å²) in [6.45, 7) is 0. The Hall–Kier alpha value is 0.330. The van der Waals surface area contributed by atoms with Crippen LogP contribution in [0.25, 0.3) is 0 Å². The summed E-state index contributed by atoms with van der Waals surface area (Å²) in [5.41, 5.74) is 0. The van der Waals surface area contributed by atoms with E-state index in [1.165, 1.54) is 0 Å². The maximum Gasteiger partial charge on any atom is 0.373 e. The molecule has 0 N–H and O–H groups in total. The summed E-state index contributed by atoms with van der Waals surface area (Å²) in [6.07, 6.45) is 0. The van der Waals surface area contributed by atoms with Crippen LogP contribution in [0.5, 0.6) is 0 Å². The highest BCUT2D eigenvalue weighted by Gasteiger charge is 2.55. The van der Waals surface area contributed by atoms with Crippen LogP contribution in [0.3, 0.4) is 0 Å². The van der Waals surface area contributed by atoms with Gasteiger partial charge in [0.2, 0.25) is 0 Å². The first kappa shape index (κ1) is 16.4. The Morgan fingerprint density at radius 1 is 0.944 bits per heavy atom. The number of benzene rings is 1. The number of halogens is 7. The predicted molar refractivity (Wildman–Crippen MR) is 65.0 cm³/mol. The molecule has 0 aliphatic carbocycles. The monoisotopic (exact) mass is 388 g/mol. The van der Waals surface area contributed by atoms with E-state index < -0.39 is 21.8 Å². The Kier molecular flexibility index (Phi) is 5.63. The van der Waals surface area contributed by atoms with E-state index in [2.05, 4.69) is 0 Å². The van der Waals surface area contributed by atoms with Gasteiger partial charge in [-0.15, -0.1) is 0 Å². The molecule has 0 nitrogen and oxygen atoms in total. The van der Waals surface area contributed by atoms with Gasteiger partial charge in [-0.3, -0.25) is 0 Å². The minimum atomic E-state index is -4.41. The smallest absolute Gasteiger partial charge is 0.186 e. The molecule has 0 bridgehead atoms. The van der Waals surface area contributed by atoms with Gasteiger partial charge in [0.15, 0.2) is 0 Å². The first-order valence-corrected chi connectivity index (χ1v) is 7.10. The quantitative estimate of drug-likeness (QED) is 0.329. The van der Waals surface area contributed by atoms with Crippen molar-refractivity contribution < 1.29 is 25.3 Å². The highest BCUT2D eigenvalue weighted by molar-refractivity contribution is 9.10. The molecule has 1 rings (SSSR count). The van der Waals surface area contributed by atoms with Crippen LogP contribution < -0.4 is 0 Å². The van der Waals surface area contributed by atoms with Crippen molar-refractivity contribution >= 4 is 52.0 Å². The molecule has 102 valence electrons. The third-order valence-corrected chi connectivity index (χ3v) is 4.58. The van der Waals surface area contributed by atoms with Gasteiger partial charge >= 0.3 is 10.1 Å². The summed E-state index contributed by atoms with van der Waals surface area (Å²) in [5, 5.41) is -4.41. The fraction of sp³-hybridized carbons (Fsp3) is 0.250. The zero-order valence-corrected chi connectivity index (χ0v) is 12.1. The van der Waals surface area contributed by atoms with Crippen LogP contribution in [0.2, 0.25) is 0 Å². The zero-order chi connectivity index (χ0) is 14.0. The van der Waals surface area contributed by atoms with Crippen LogP contribution in [0.1, 0.15) is 0 Å². The Balaban J connectivity index is 2.99. The molecule has 0 unspecified atom stereocenters. The highest BCUT2D eigenvalue weighted by Crippen LogP contribution is 2.50. The van der Waals surface area contributed by atoms with Crippen molar-refractivity contribution in [2.75, 3.05) is 0 Å². The predicted octanol–water partition coefficient (Wildman–Crippen LogP) is 6.31. The van der Waals surface area contributed by atoms with Gasteiger partial charge in [0, 0.05) is 4.90 Å². The van der Waals surface area contributed by atoms with Crippen molar-refractivity contribution in [1.82, 2.24) is 0 Å². The van der Waals surface area contributed by atoms with Gasteiger partial charge in [-0.25, -0.2) is 0 Å². The SMILES string of the molecule is FSc1ccc(SC(F)(F)C(F)(F)Br)cc1SF. The second kappa shape index (κ2) is 6.19. The molecule has 0 saturated heterocycles. The average molecular weight is 389 g/mol. The van der Waals surface area contributed by atoms with Gasteiger partial charge in [-0.2, -0.15) is 25.3 Å². The molecule has 0 aliphatic heterocycles. The van der Waals surface area contributed by atoms with Crippen LogP contribution in [-0.4, -0.2) is 10.1 Å². The van der Waals surface area contributed by atoms with Gasteiger partial charge in [0.25, 0.3) is 0 Å². The number of thioether (sulfide) groups is 1. The summed E-state index contributed by atoms with van der Waals surface area (Å²) in [7, 11) is 0. The number of hydrogen-bond donors (Lipinski definition) is 0.